The Bertz CT molecular complexity index is 234. The van der Waals surface area contributed by atoms with Crippen molar-refractivity contribution in [1.29, 1.82) is 0 Å². The summed E-state index contributed by atoms with van der Waals surface area (Å²) in [6.07, 6.45) is 2.19. The molecular formula is C9H12O4. The van der Waals surface area contributed by atoms with Gasteiger partial charge in [0.2, 0.25) is 11.6 Å². The summed E-state index contributed by atoms with van der Waals surface area (Å²) in [6, 6.07) is 0. The Balaban J connectivity index is 2.47. The molecule has 4 nitrogen and oxygen atoms in total. The van der Waals surface area contributed by atoms with Crippen LogP contribution in [0.1, 0.15) is 19.8 Å². The van der Waals surface area contributed by atoms with Crippen molar-refractivity contribution in [2.75, 3.05) is 13.4 Å². The van der Waals surface area contributed by atoms with Crippen LogP contribution < -0.4 is 0 Å². The van der Waals surface area contributed by atoms with Crippen LogP contribution in [0.2, 0.25) is 0 Å². The van der Waals surface area contributed by atoms with Crippen LogP contribution in [0.3, 0.4) is 0 Å². The fraction of sp³-hybridized carbons (Fsp3) is 0.556. The lowest BCUT2D eigenvalue weighted by Gasteiger charge is -1.94. The number of Topliss-reactive ketones (excluding diaryl/α,β-unsaturated/α-hetero) is 1. The maximum Gasteiger partial charge on any atom is 0.224 e. The van der Waals surface area contributed by atoms with E-state index in [2.05, 4.69) is 0 Å². The van der Waals surface area contributed by atoms with Gasteiger partial charge in [-0.1, -0.05) is 6.92 Å². The highest BCUT2D eigenvalue weighted by Crippen LogP contribution is 2.07. The van der Waals surface area contributed by atoms with Crippen LogP contribution in [0.15, 0.2) is 11.8 Å². The Hall–Kier alpha value is -1.16. The minimum Gasteiger partial charge on any atom is -0.469 e. The van der Waals surface area contributed by atoms with E-state index in [0.717, 1.165) is 0 Å². The lowest BCUT2D eigenvalue weighted by molar-refractivity contribution is -0.133. The van der Waals surface area contributed by atoms with Crippen molar-refractivity contribution in [3.63, 3.8) is 0 Å². The van der Waals surface area contributed by atoms with Crippen LogP contribution >= 0.6 is 0 Å². The molecule has 72 valence electrons. The topological polar surface area (TPSA) is 52.6 Å². The van der Waals surface area contributed by atoms with Crippen molar-refractivity contribution >= 4 is 11.6 Å². The van der Waals surface area contributed by atoms with Crippen LogP contribution in [0.25, 0.3) is 0 Å². The highest BCUT2D eigenvalue weighted by atomic mass is 16.7. The average molecular weight is 184 g/mol. The van der Waals surface area contributed by atoms with E-state index in [-0.39, 0.29) is 19.2 Å². The third kappa shape index (κ3) is 2.99. The molecule has 0 aromatic carbocycles. The van der Waals surface area contributed by atoms with Crippen molar-refractivity contribution in [2.45, 2.75) is 19.8 Å². The normalized spacial score (nSPS) is 18.7. The predicted molar refractivity (Wildman–Crippen MR) is 44.9 cm³/mol. The SMILES string of the molecule is CCCC(=O)C(=O)/C=C1\COCO1. The minimum atomic E-state index is -0.498. The van der Waals surface area contributed by atoms with Gasteiger partial charge in [0.15, 0.2) is 6.79 Å². The van der Waals surface area contributed by atoms with Crippen molar-refractivity contribution < 1.29 is 19.1 Å². The molecule has 0 radical (unpaired) electrons. The zero-order valence-corrected chi connectivity index (χ0v) is 7.54. The highest BCUT2D eigenvalue weighted by Gasteiger charge is 2.14. The molecular weight excluding hydrogens is 172 g/mol. The zero-order chi connectivity index (χ0) is 9.68. The van der Waals surface area contributed by atoms with Crippen LogP contribution in [-0.2, 0) is 19.1 Å². The van der Waals surface area contributed by atoms with Crippen LogP contribution in [0, 0.1) is 0 Å². The summed E-state index contributed by atoms with van der Waals surface area (Å²) in [5.74, 6) is -0.428. The molecule has 0 aliphatic carbocycles. The van der Waals surface area contributed by atoms with Gasteiger partial charge in [-0.3, -0.25) is 9.59 Å². The summed E-state index contributed by atoms with van der Waals surface area (Å²) >= 11 is 0. The largest absolute Gasteiger partial charge is 0.469 e. The summed E-state index contributed by atoms with van der Waals surface area (Å²) < 4.78 is 9.76. The van der Waals surface area contributed by atoms with E-state index in [4.69, 9.17) is 9.47 Å². The summed E-state index contributed by atoms with van der Waals surface area (Å²) in [6.45, 7) is 2.31. The van der Waals surface area contributed by atoms with E-state index in [1.807, 2.05) is 6.92 Å². The van der Waals surface area contributed by atoms with Crippen molar-refractivity contribution in [1.82, 2.24) is 0 Å². The molecule has 1 aliphatic heterocycles. The highest BCUT2D eigenvalue weighted by molar-refractivity contribution is 6.41. The summed E-state index contributed by atoms with van der Waals surface area (Å²) in [7, 11) is 0. The van der Waals surface area contributed by atoms with Crippen LogP contribution in [-0.4, -0.2) is 25.0 Å². The first-order valence-corrected chi connectivity index (χ1v) is 4.22. The Morgan fingerprint density at radius 2 is 2.31 bits per heavy atom. The zero-order valence-electron chi connectivity index (χ0n) is 7.54. The molecule has 0 aromatic heterocycles. The molecule has 0 aromatic rings. The second-order valence-electron chi connectivity index (χ2n) is 2.76. The van der Waals surface area contributed by atoms with E-state index in [0.29, 0.717) is 18.6 Å². The number of hydrogen-bond acceptors (Lipinski definition) is 4. The lowest BCUT2D eigenvalue weighted by atomic mass is 10.1. The third-order valence-electron chi connectivity index (χ3n) is 1.62. The van der Waals surface area contributed by atoms with Crippen LogP contribution in [0.4, 0.5) is 0 Å². The maximum absolute atomic E-state index is 11.1. The van der Waals surface area contributed by atoms with E-state index in [1.54, 1.807) is 0 Å². The molecule has 1 rings (SSSR count). The molecule has 1 aliphatic rings. The van der Waals surface area contributed by atoms with Crippen molar-refractivity contribution in [3.8, 4) is 0 Å². The second-order valence-corrected chi connectivity index (χ2v) is 2.76. The van der Waals surface area contributed by atoms with Gasteiger partial charge < -0.3 is 9.47 Å². The Morgan fingerprint density at radius 1 is 1.54 bits per heavy atom. The van der Waals surface area contributed by atoms with Gasteiger partial charge in [0.25, 0.3) is 0 Å². The smallest absolute Gasteiger partial charge is 0.224 e. The van der Waals surface area contributed by atoms with Gasteiger partial charge in [0, 0.05) is 12.5 Å². The molecule has 0 spiro atoms. The summed E-state index contributed by atoms with van der Waals surface area (Å²) in [5, 5.41) is 0. The van der Waals surface area contributed by atoms with Gasteiger partial charge in [-0.15, -0.1) is 0 Å². The molecule has 1 heterocycles. The number of allylic oxidation sites excluding steroid dienone is 1. The molecule has 13 heavy (non-hydrogen) atoms. The maximum atomic E-state index is 11.1. The number of rotatable bonds is 4. The van der Waals surface area contributed by atoms with Crippen molar-refractivity contribution in [3.05, 3.63) is 11.8 Å². The average Bonchev–Trinajstić information content (AvgIpc) is 2.57. The third-order valence-corrected chi connectivity index (χ3v) is 1.62. The second kappa shape index (κ2) is 4.77. The van der Waals surface area contributed by atoms with Crippen LogP contribution in [0.5, 0.6) is 0 Å². The van der Waals surface area contributed by atoms with E-state index in [1.165, 1.54) is 6.08 Å². The first-order valence-electron chi connectivity index (χ1n) is 4.22. The number of ketones is 2. The molecule has 0 atom stereocenters. The number of ether oxygens (including phenoxy) is 2. The number of carbonyl (C=O) groups is 2. The first-order chi connectivity index (χ1) is 6.24. The molecule has 4 heteroatoms. The Kier molecular flexibility index (Phi) is 3.64. The monoisotopic (exact) mass is 184 g/mol. The lowest BCUT2D eigenvalue weighted by Crippen LogP contribution is -2.11. The minimum absolute atomic E-state index is 0.168. The van der Waals surface area contributed by atoms with Crippen molar-refractivity contribution in [2.24, 2.45) is 0 Å². The van der Waals surface area contributed by atoms with Gasteiger partial charge in [-0.25, -0.2) is 0 Å². The molecule has 1 fully saturated rings. The van der Waals surface area contributed by atoms with Gasteiger partial charge in [0.05, 0.1) is 0 Å². The van der Waals surface area contributed by atoms with E-state index >= 15 is 0 Å². The van der Waals surface area contributed by atoms with E-state index in [9.17, 15) is 9.59 Å². The van der Waals surface area contributed by atoms with Gasteiger partial charge in [-0.2, -0.15) is 0 Å². The fourth-order valence-corrected chi connectivity index (χ4v) is 0.962. The van der Waals surface area contributed by atoms with Gasteiger partial charge >= 0.3 is 0 Å². The quantitative estimate of drug-likeness (QED) is 0.479. The Morgan fingerprint density at radius 3 is 2.85 bits per heavy atom. The molecule has 0 saturated carbocycles. The van der Waals surface area contributed by atoms with Gasteiger partial charge in [-0.05, 0) is 6.42 Å². The first kappa shape index (κ1) is 9.92. The molecule has 1 saturated heterocycles. The molecule has 0 N–H and O–H groups in total. The summed E-state index contributed by atoms with van der Waals surface area (Å²) in [5.41, 5.74) is 0. The number of hydrogen-bond donors (Lipinski definition) is 0. The molecule has 0 bridgehead atoms. The van der Waals surface area contributed by atoms with Gasteiger partial charge in [0.1, 0.15) is 12.4 Å². The Labute approximate surface area is 76.5 Å². The fourth-order valence-electron chi connectivity index (χ4n) is 0.962. The summed E-state index contributed by atoms with van der Waals surface area (Å²) in [4.78, 5) is 22.2. The molecule has 0 unspecified atom stereocenters. The number of carbonyl (C=O) groups excluding carboxylic acids is 2. The predicted octanol–water partition coefficient (Wildman–Crippen LogP) is 0.813. The van der Waals surface area contributed by atoms with E-state index < -0.39 is 5.78 Å². The molecule has 0 amide bonds. The standard InChI is InChI=1S/C9H12O4/c1-2-3-8(10)9(11)4-7-5-12-6-13-7/h4H,2-3,5-6H2,1H3/b7-4+.